The topological polar surface area (TPSA) is 40.6 Å². The second kappa shape index (κ2) is 4.96. The Morgan fingerprint density at radius 3 is 2.95 bits per heavy atom. The van der Waals surface area contributed by atoms with Gasteiger partial charge in [0.1, 0.15) is 12.1 Å². The molecule has 2 saturated heterocycles. The maximum Gasteiger partial charge on any atom is 0.246 e. The number of piperazine rings is 1. The van der Waals surface area contributed by atoms with Crippen molar-refractivity contribution >= 4 is 23.2 Å². The lowest BCUT2D eigenvalue weighted by molar-refractivity contribution is -0.158. The molecule has 2 fully saturated rings. The molecule has 19 heavy (non-hydrogen) atoms. The predicted octanol–water partition coefficient (Wildman–Crippen LogP) is 1.51. The molecule has 1 aromatic rings. The van der Waals surface area contributed by atoms with Crippen LogP contribution in [0.1, 0.15) is 25.3 Å². The fourth-order valence-corrected chi connectivity index (χ4v) is 3.73. The van der Waals surface area contributed by atoms with Crippen molar-refractivity contribution in [1.29, 1.82) is 0 Å². The summed E-state index contributed by atoms with van der Waals surface area (Å²) in [6, 6.07) is 1.58. The second-order valence-electron chi connectivity index (χ2n) is 5.28. The number of thiophene rings is 1. The number of fused-ring (bicyclic) bond motifs is 1. The number of amides is 2. The standard InChI is InChI=1S/C14H18N2O2S/c1-10-13(17)16-6-2-3-12(16)14(18)15(10)7-4-11-5-8-19-9-11/h5,8-10,12H,2-4,6-7H2,1H3. The minimum atomic E-state index is -0.305. The fraction of sp³-hybridized carbons (Fsp3) is 0.571. The van der Waals surface area contributed by atoms with Gasteiger partial charge in [-0.3, -0.25) is 9.59 Å². The van der Waals surface area contributed by atoms with Crippen molar-refractivity contribution < 1.29 is 9.59 Å². The van der Waals surface area contributed by atoms with Gasteiger partial charge in [0.25, 0.3) is 0 Å². The molecule has 3 heterocycles. The van der Waals surface area contributed by atoms with Crippen LogP contribution in [0.15, 0.2) is 16.8 Å². The maximum absolute atomic E-state index is 12.5. The Morgan fingerprint density at radius 2 is 2.21 bits per heavy atom. The number of hydrogen-bond donors (Lipinski definition) is 0. The third kappa shape index (κ3) is 2.16. The highest BCUT2D eigenvalue weighted by Crippen LogP contribution is 2.27. The predicted molar refractivity (Wildman–Crippen MR) is 73.9 cm³/mol. The normalized spacial score (nSPS) is 27.0. The minimum Gasteiger partial charge on any atom is -0.329 e. The van der Waals surface area contributed by atoms with Gasteiger partial charge in [0, 0.05) is 13.1 Å². The summed E-state index contributed by atoms with van der Waals surface area (Å²) >= 11 is 1.67. The van der Waals surface area contributed by atoms with Gasteiger partial charge < -0.3 is 9.80 Å². The van der Waals surface area contributed by atoms with Gasteiger partial charge in [0.15, 0.2) is 0 Å². The van der Waals surface area contributed by atoms with E-state index in [1.807, 2.05) is 12.3 Å². The molecule has 0 N–H and O–H groups in total. The van der Waals surface area contributed by atoms with Gasteiger partial charge in [0.05, 0.1) is 0 Å². The van der Waals surface area contributed by atoms with Crippen molar-refractivity contribution in [2.75, 3.05) is 13.1 Å². The Labute approximate surface area is 117 Å². The molecular weight excluding hydrogens is 260 g/mol. The first-order valence-electron chi connectivity index (χ1n) is 6.80. The van der Waals surface area contributed by atoms with Crippen molar-refractivity contribution in [2.45, 2.75) is 38.3 Å². The molecule has 0 aliphatic carbocycles. The first kappa shape index (κ1) is 12.7. The Kier molecular flexibility index (Phi) is 3.31. The summed E-state index contributed by atoms with van der Waals surface area (Å²) in [4.78, 5) is 28.3. The molecule has 1 aromatic heterocycles. The van der Waals surface area contributed by atoms with Crippen molar-refractivity contribution in [2.24, 2.45) is 0 Å². The third-order valence-corrected chi connectivity index (χ3v) is 4.88. The van der Waals surface area contributed by atoms with Gasteiger partial charge in [0.2, 0.25) is 11.8 Å². The molecule has 0 saturated carbocycles. The molecule has 2 aliphatic heterocycles. The summed E-state index contributed by atoms with van der Waals surface area (Å²) in [6.45, 7) is 3.24. The fourth-order valence-electron chi connectivity index (χ4n) is 3.03. The summed E-state index contributed by atoms with van der Waals surface area (Å²) in [5.41, 5.74) is 1.24. The number of carbonyl (C=O) groups excluding carboxylic acids is 2. The molecule has 0 radical (unpaired) electrons. The van der Waals surface area contributed by atoms with E-state index >= 15 is 0 Å². The highest BCUT2D eigenvalue weighted by atomic mass is 32.1. The zero-order chi connectivity index (χ0) is 13.4. The summed E-state index contributed by atoms with van der Waals surface area (Å²) < 4.78 is 0. The van der Waals surface area contributed by atoms with Gasteiger partial charge in [-0.25, -0.2) is 0 Å². The zero-order valence-electron chi connectivity index (χ0n) is 11.0. The molecule has 3 rings (SSSR count). The van der Waals surface area contributed by atoms with Crippen LogP contribution in [-0.4, -0.2) is 46.8 Å². The largest absolute Gasteiger partial charge is 0.329 e. The monoisotopic (exact) mass is 278 g/mol. The van der Waals surface area contributed by atoms with E-state index in [1.165, 1.54) is 5.56 Å². The third-order valence-electron chi connectivity index (χ3n) is 4.15. The lowest BCUT2D eigenvalue weighted by atomic mass is 10.1. The Balaban J connectivity index is 1.72. The molecule has 2 aliphatic rings. The Hall–Kier alpha value is -1.36. The van der Waals surface area contributed by atoms with E-state index in [0.29, 0.717) is 6.54 Å². The Bertz CT molecular complexity index is 486. The molecule has 5 heteroatoms. The molecule has 2 amide bonds. The maximum atomic E-state index is 12.5. The van der Waals surface area contributed by atoms with Gasteiger partial charge in [-0.2, -0.15) is 11.3 Å². The molecule has 2 atom stereocenters. The van der Waals surface area contributed by atoms with E-state index in [1.54, 1.807) is 21.1 Å². The van der Waals surface area contributed by atoms with Gasteiger partial charge in [-0.15, -0.1) is 0 Å². The van der Waals surface area contributed by atoms with E-state index in [-0.39, 0.29) is 23.9 Å². The van der Waals surface area contributed by atoms with Crippen LogP contribution in [0.2, 0.25) is 0 Å². The first-order valence-corrected chi connectivity index (χ1v) is 7.75. The minimum absolute atomic E-state index is 0.118. The molecule has 0 aromatic carbocycles. The van der Waals surface area contributed by atoms with Gasteiger partial charge >= 0.3 is 0 Å². The first-order chi connectivity index (χ1) is 9.18. The van der Waals surface area contributed by atoms with Crippen molar-refractivity contribution in [3.05, 3.63) is 22.4 Å². The molecule has 102 valence electrons. The number of rotatable bonds is 3. The summed E-state index contributed by atoms with van der Waals surface area (Å²) in [5, 5.41) is 4.14. The number of carbonyl (C=O) groups is 2. The van der Waals surface area contributed by atoms with E-state index in [9.17, 15) is 9.59 Å². The quantitative estimate of drug-likeness (QED) is 0.841. The summed E-state index contributed by atoms with van der Waals surface area (Å²) in [5.74, 6) is 0.257. The Morgan fingerprint density at radius 1 is 1.37 bits per heavy atom. The SMILES string of the molecule is CC1C(=O)N2CCCC2C(=O)N1CCc1ccsc1. The van der Waals surface area contributed by atoms with Crippen LogP contribution in [0.4, 0.5) is 0 Å². The molecule has 4 nitrogen and oxygen atoms in total. The van der Waals surface area contributed by atoms with Crippen LogP contribution in [0.25, 0.3) is 0 Å². The smallest absolute Gasteiger partial charge is 0.246 e. The lowest BCUT2D eigenvalue weighted by Crippen LogP contribution is -2.62. The van der Waals surface area contributed by atoms with E-state index < -0.39 is 0 Å². The number of hydrogen-bond acceptors (Lipinski definition) is 3. The van der Waals surface area contributed by atoms with E-state index in [2.05, 4.69) is 11.4 Å². The molecule has 2 unspecified atom stereocenters. The van der Waals surface area contributed by atoms with Crippen LogP contribution < -0.4 is 0 Å². The summed E-state index contributed by atoms with van der Waals surface area (Å²) in [6.07, 6.45) is 2.61. The highest BCUT2D eigenvalue weighted by molar-refractivity contribution is 7.07. The molecular formula is C14H18N2O2S. The highest BCUT2D eigenvalue weighted by Gasteiger charge is 2.45. The average Bonchev–Trinajstić information content (AvgIpc) is 3.07. The van der Waals surface area contributed by atoms with Crippen molar-refractivity contribution in [3.8, 4) is 0 Å². The van der Waals surface area contributed by atoms with Crippen molar-refractivity contribution in [3.63, 3.8) is 0 Å². The summed E-state index contributed by atoms with van der Waals surface area (Å²) in [7, 11) is 0. The lowest BCUT2D eigenvalue weighted by Gasteiger charge is -2.41. The van der Waals surface area contributed by atoms with Gasteiger partial charge in [-0.05, 0) is 48.6 Å². The second-order valence-corrected chi connectivity index (χ2v) is 6.06. The molecule has 0 bridgehead atoms. The van der Waals surface area contributed by atoms with Crippen molar-refractivity contribution in [1.82, 2.24) is 9.80 Å². The van der Waals surface area contributed by atoms with Crippen LogP contribution >= 0.6 is 11.3 Å². The molecule has 0 spiro atoms. The zero-order valence-corrected chi connectivity index (χ0v) is 11.9. The van der Waals surface area contributed by atoms with Crippen LogP contribution in [0.5, 0.6) is 0 Å². The van der Waals surface area contributed by atoms with Crippen LogP contribution in [0.3, 0.4) is 0 Å². The average molecular weight is 278 g/mol. The number of nitrogens with zero attached hydrogens (tertiary/aromatic N) is 2. The van der Waals surface area contributed by atoms with E-state index in [0.717, 1.165) is 25.8 Å². The van der Waals surface area contributed by atoms with Crippen LogP contribution in [-0.2, 0) is 16.0 Å². The van der Waals surface area contributed by atoms with Gasteiger partial charge in [-0.1, -0.05) is 0 Å². The van der Waals surface area contributed by atoms with E-state index in [4.69, 9.17) is 0 Å². The van der Waals surface area contributed by atoms with Crippen LogP contribution in [0, 0.1) is 0 Å².